The Labute approximate surface area is 196 Å². The Bertz CT molecular complexity index is 1160. The van der Waals surface area contributed by atoms with Gasteiger partial charge in [-0.3, -0.25) is 0 Å². The van der Waals surface area contributed by atoms with Gasteiger partial charge in [-0.2, -0.15) is 4.31 Å². The average molecular weight is 521 g/mol. The van der Waals surface area contributed by atoms with Crippen LogP contribution in [0.5, 0.6) is 0 Å². The Hall–Kier alpha value is -1.74. The Kier molecular flexibility index (Phi) is 6.27. The summed E-state index contributed by atoms with van der Waals surface area (Å²) in [5.41, 5.74) is 3.13. The van der Waals surface area contributed by atoms with Gasteiger partial charge in [0, 0.05) is 41.6 Å². The molecule has 0 N–H and O–H groups in total. The molecule has 164 valence electrons. The maximum atomic E-state index is 13.1. The summed E-state index contributed by atoms with van der Waals surface area (Å²) in [6.07, 6.45) is 0. The van der Waals surface area contributed by atoms with Crippen LogP contribution in [0, 0.1) is 0 Å². The Morgan fingerprint density at radius 2 is 1.68 bits per heavy atom. The number of aromatic nitrogens is 1. The third-order valence-corrected chi connectivity index (χ3v) is 8.79. The number of rotatable bonds is 4. The molecule has 3 aromatic rings. The highest BCUT2D eigenvalue weighted by molar-refractivity contribution is 9.10. The van der Waals surface area contributed by atoms with Crippen molar-refractivity contribution in [3.8, 4) is 11.3 Å². The Morgan fingerprint density at radius 3 is 2.29 bits per heavy atom. The fourth-order valence-corrected chi connectivity index (χ4v) is 6.30. The van der Waals surface area contributed by atoms with E-state index in [4.69, 9.17) is 4.98 Å². The van der Waals surface area contributed by atoms with Crippen LogP contribution in [0.3, 0.4) is 0 Å². The largest absolute Gasteiger partial charge is 0.345 e. The first-order chi connectivity index (χ1) is 14.6. The van der Waals surface area contributed by atoms with Gasteiger partial charge >= 0.3 is 0 Å². The molecule has 5 nitrogen and oxygen atoms in total. The van der Waals surface area contributed by atoms with Crippen molar-refractivity contribution in [1.82, 2.24) is 9.29 Å². The number of thiazole rings is 1. The number of nitrogens with zero attached hydrogens (tertiary/aromatic N) is 3. The van der Waals surface area contributed by atoms with Gasteiger partial charge < -0.3 is 4.90 Å². The van der Waals surface area contributed by atoms with E-state index in [9.17, 15) is 8.42 Å². The van der Waals surface area contributed by atoms with Crippen molar-refractivity contribution in [2.45, 2.75) is 31.1 Å². The second-order valence-corrected chi connectivity index (χ2v) is 12.4. The maximum absolute atomic E-state index is 13.1. The molecule has 2 heterocycles. The van der Waals surface area contributed by atoms with E-state index < -0.39 is 10.0 Å². The molecule has 4 rings (SSSR count). The number of sulfonamides is 1. The second kappa shape index (κ2) is 8.65. The van der Waals surface area contributed by atoms with E-state index in [1.165, 1.54) is 0 Å². The molecular weight excluding hydrogens is 494 g/mol. The summed E-state index contributed by atoms with van der Waals surface area (Å²) in [6, 6.07) is 15.4. The minimum absolute atomic E-state index is 0.00366. The molecule has 1 aliphatic rings. The predicted molar refractivity (Wildman–Crippen MR) is 131 cm³/mol. The highest BCUT2D eigenvalue weighted by Gasteiger charge is 2.29. The van der Waals surface area contributed by atoms with Gasteiger partial charge in [-0.05, 0) is 35.2 Å². The highest BCUT2D eigenvalue weighted by Crippen LogP contribution is 2.30. The van der Waals surface area contributed by atoms with E-state index in [0.717, 1.165) is 26.4 Å². The van der Waals surface area contributed by atoms with Crippen molar-refractivity contribution in [1.29, 1.82) is 0 Å². The first-order valence-corrected chi connectivity index (χ1v) is 13.3. The first-order valence-electron chi connectivity index (χ1n) is 10.2. The van der Waals surface area contributed by atoms with Crippen molar-refractivity contribution >= 4 is 42.4 Å². The second-order valence-electron chi connectivity index (χ2n) is 8.69. The Balaban J connectivity index is 1.44. The third-order valence-electron chi connectivity index (χ3n) is 5.48. The van der Waals surface area contributed by atoms with E-state index in [-0.39, 0.29) is 5.41 Å². The van der Waals surface area contributed by atoms with Crippen molar-refractivity contribution in [3.05, 3.63) is 63.9 Å². The van der Waals surface area contributed by atoms with E-state index in [1.807, 2.05) is 36.4 Å². The van der Waals surface area contributed by atoms with Crippen LogP contribution in [0.1, 0.15) is 26.3 Å². The zero-order chi connectivity index (χ0) is 22.2. The van der Waals surface area contributed by atoms with Crippen molar-refractivity contribution < 1.29 is 8.42 Å². The number of hydrogen-bond donors (Lipinski definition) is 0. The number of anilines is 1. The minimum atomic E-state index is -3.49. The summed E-state index contributed by atoms with van der Waals surface area (Å²) >= 11 is 5.10. The van der Waals surface area contributed by atoms with E-state index in [2.05, 4.69) is 47.0 Å². The molecule has 1 aliphatic heterocycles. The monoisotopic (exact) mass is 519 g/mol. The predicted octanol–water partition coefficient (Wildman–Crippen LogP) is 5.38. The lowest BCUT2D eigenvalue weighted by Crippen LogP contribution is -2.48. The average Bonchev–Trinajstić information content (AvgIpc) is 3.24. The molecule has 0 spiro atoms. The molecule has 0 amide bonds. The lowest BCUT2D eigenvalue weighted by atomic mass is 9.87. The van der Waals surface area contributed by atoms with Gasteiger partial charge in [0.2, 0.25) is 10.0 Å². The van der Waals surface area contributed by atoms with Gasteiger partial charge in [-0.25, -0.2) is 13.4 Å². The fourth-order valence-electron chi connectivity index (χ4n) is 3.59. The lowest BCUT2D eigenvalue weighted by Gasteiger charge is -2.33. The third kappa shape index (κ3) is 4.87. The number of benzene rings is 2. The standard InChI is InChI=1S/C23H26BrN3O2S2/c1-23(2,3)18-7-9-20(10-8-18)31(28,29)27-13-11-26(12-14-27)22-25-21(16-30-22)17-5-4-6-19(24)15-17/h4-10,15-16H,11-14H2,1-3H3. The van der Waals surface area contributed by atoms with E-state index in [0.29, 0.717) is 31.1 Å². The molecule has 0 aliphatic carbocycles. The van der Waals surface area contributed by atoms with Gasteiger partial charge in [0.05, 0.1) is 10.6 Å². The molecule has 0 atom stereocenters. The number of piperazine rings is 1. The molecule has 1 saturated heterocycles. The van der Waals surface area contributed by atoms with Gasteiger partial charge in [0.15, 0.2) is 5.13 Å². The molecule has 0 bridgehead atoms. The topological polar surface area (TPSA) is 53.5 Å². The summed E-state index contributed by atoms with van der Waals surface area (Å²) < 4.78 is 28.8. The van der Waals surface area contributed by atoms with Gasteiger partial charge in [0.25, 0.3) is 0 Å². The summed E-state index contributed by atoms with van der Waals surface area (Å²) in [5.74, 6) is 0. The SMILES string of the molecule is CC(C)(C)c1ccc(S(=O)(=O)N2CCN(c3nc(-c4cccc(Br)c4)cs3)CC2)cc1. The molecule has 0 radical (unpaired) electrons. The van der Waals surface area contributed by atoms with Crippen LogP contribution in [0.15, 0.2) is 63.3 Å². The van der Waals surface area contributed by atoms with Gasteiger partial charge in [-0.1, -0.05) is 61.0 Å². The van der Waals surface area contributed by atoms with Crippen LogP contribution in [0.2, 0.25) is 0 Å². The molecule has 1 fully saturated rings. The summed E-state index contributed by atoms with van der Waals surface area (Å²) in [7, 11) is -3.49. The summed E-state index contributed by atoms with van der Waals surface area (Å²) in [6.45, 7) is 8.53. The quantitative estimate of drug-likeness (QED) is 0.464. The highest BCUT2D eigenvalue weighted by atomic mass is 79.9. The van der Waals surface area contributed by atoms with Crippen molar-refractivity contribution in [3.63, 3.8) is 0 Å². The molecule has 8 heteroatoms. The van der Waals surface area contributed by atoms with Crippen LogP contribution in [-0.2, 0) is 15.4 Å². The van der Waals surface area contributed by atoms with Crippen LogP contribution in [0.4, 0.5) is 5.13 Å². The van der Waals surface area contributed by atoms with Crippen LogP contribution in [0.25, 0.3) is 11.3 Å². The molecule has 0 saturated carbocycles. The van der Waals surface area contributed by atoms with E-state index in [1.54, 1.807) is 27.8 Å². The summed E-state index contributed by atoms with van der Waals surface area (Å²) in [5, 5.41) is 2.98. The molecular formula is C23H26BrN3O2S2. The molecule has 31 heavy (non-hydrogen) atoms. The van der Waals surface area contributed by atoms with Crippen LogP contribution in [-0.4, -0.2) is 43.9 Å². The van der Waals surface area contributed by atoms with Crippen molar-refractivity contribution in [2.24, 2.45) is 0 Å². The zero-order valence-corrected chi connectivity index (χ0v) is 21.1. The smallest absolute Gasteiger partial charge is 0.243 e. The van der Waals surface area contributed by atoms with Crippen LogP contribution >= 0.6 is 27.3 Å². The van der Waals surface area contributed by atoms with Crippen molar-refractivity contribution in [2.75, 3.05) is 31.1 Å². The summed E-state index contributed by atoms with van der Waals surface area (Å²) in [4.78, 5) is 7.31. The Morgan fingerprint density at radius 1 is 1.00 bits per heavy atom. The molecule has 0 unspecified atom stereocenters. The maximum Gasteiger partial charge on any atom is 0.243 e. The molecule has 2 aromatic carbocycles. The number of halogens is 1. The van der Waals surface area contributed by atoms with Gasteiger partial charge in [0.1, 0.15) is 0 Å². The number of hydrogen-bond acceptors (Lipinski definition) is 5. The van der Waals surface area contributed by atoms with E-state index >= 15 is 0 Å². The lowest BCUT2D eigenvalue weighted by molar-refractivity contribution is 0.384. The molecule has 1 aromatic heterocycles. The fraction of sp³-hybridized carbons (Fsp3) is 0.348. The normalized spacial score (nSPS) is 15.9. The zero-order valence-electron chi connectivity index (χ0n) is 17.9. The first kappa shape index (κ1) is 22.5. The minimum Gasteiger partial charge on any atom is -0.345 e. The van der Waals surface area contributed by atoms with Crippen LogP contribution < -0.4 is 4.90 Å². The van der Waals surface area contributed by atoms with Gasteiger partial charge in [-0.15, -0.1) is 11.3 Å².